The van der Waals surface area contributed by atoms with E-state index in [9.17, 15) is 9.59 Å². The zero-order chi connectivity index (χ0) is 23.0. The lowest BCUT2D eigenvalue weighted by Gasteiger charge is -2.41. The van der Waals surface area contributed by atoms with Crippen molar-refractivity contribution in [3.8, 4) is 5.75 Å². The molecule has 1 amide bonds. The van der Waals surface area contributed by atoms with Gasteiger partial charge < -0.3 is 10.1 Å². The zero-order valence-corrected chi connectivity index (χ0v) is 19.4. The first kappa shape index (κ1) is 22.0. The van der Waals surface area contributed by atoms with E-state index in [1.165, 1.54) is 0 Å². The van der Waals surface area contributed by atoms with Crippen LogP contribution in [0.5, 0.6) is 5.75 Å². The van der Waals surface area contributed by atoms with Gasteiger partial charge in [0.05, 0.1) is 18.7 Å². The predicted molar refractivity (Wildman–Crippen MR) is 127 cm³/mol. The number of methoxy groups -OCH3 is 1. The summed E-state index contributed by atoms with van der Waals surface area (Å²) in [5.41, 5.74) is 4.64. The van der Waals surface area contributed by atoms with E-state index in [1.807, 2.05) is 44.2 Å². The van der Waals surface area contributed by atoms with Gasteiger partial charge in [0.15, 0.2) is 0 Å². The van der Waals surface area contributed by atoms with Crippen LogP contribution in [-0.2, 0) is 9.59 Å². The second-order valence-electron chi connectivity index (χ2n) is 9.61. The van der Waals surface area contributed by atoms with Crippen LogP contribution in [0.4, 0.5) is 5.69 Å². The van der Waals surface area contributed by atoms with Crippen molar-refractivity contribution < 1.29 is 14.3 Å². The Balaban J connectivity index is 1.82. The largest absolute Gasteiger partial charge is 0.495 e. The number of fused-ring (bicyclic) bond motifs is 1. The molecule has 32 heavy (non-hydrogen) atoms. The highest BCUT2D eigenvalue weighted by atomic mass is 16.5. The molecule has 0 saturated heterocycles. The second kappa shape index (κ2) is 8.38. The molecule has 166 valence electrons. The van der Waals surface area contributed by atoms with Crippen LogP contribution in [0.1, 0.15) is 50.7 Å². The van der Waals surface area contributed by atoms with Crippen molar-refractivity contribution in [3.63, 3.8) is 0 Å². The van der Waals surface area contributed by atoms with Crippen LogP contribution in [0, 0.1) is 18.3 Å². The lowest BCUT2D eigenvalue weighted by atomic mass is 9.63. The Morgan fingerprint density at radius 1 is 1.06 bits per heavy atom. The number of Topliss-reactive ketones (excluding diaryl/α,β-unsaturated/α-hetero) is 1. The van der Waals surface area contributed by atoms with Gasteiger partial charge in [-0.2, -0.15) is 0 Å². The Kier molecular flexibility index (Phi) is 5.76. The number of para-hydroxylation sites is 2. The topological polar surface area (TPSA) is 67.8 Å². The number of amides is 1. The molecule has 1 aliphatic carbocycles. The lowest BCUT2D eigenvalue weighted by Crippen LogP contribution is -2.44. The number of aliphatic imine (C=N–C) groups is 1. The molecule has 2 aliphatic rings. The molecular weight excluding hydrogens is 400 g/mol. The first-order chi connectivity index (χ1) is 15.2. The highest BCUT2D eigenvalue weighted by Gasteiger charge is 2.47. The summed E-state index contributed by atoms with van der Waals surface area (Å²) in [4.78, 5) is 31.8. The third kappa shape index (κ3) is 4.12. The number of nitrogens with one attached hydrogen (secondary N) is 1. The van der Waals surface area contributed by atoms with Gasteiger partial charge >= 0.3 is 0 Å². The van der Waals surface area contributed by atoms with Crippen LogP contribution in [0.2, 0.25) is 0 Å². The molecule has 1 saturated carbocycles. The number of benzene rings is 2. The maximum atomic E-state index is 13.6. The third-order valence-electron chi connectivity index (χ3n) is 6.36. The number of anilines is 1. The predicted octanol–water partition coefficient (Wildman–Crippen LogP) is 5.46. The number of ether oxygens (including phenoxy) is 1. The Hall–Kier alpha value is -3.21. The Morgan fingerprint density at radius 3 is 2.53 bits per heavy atom. The highest BCUT2D eigenvalue weighted by molar-refractivity contribution is 6.14. The Labute approximate surface area is 189 Å². The number of nitrogens with zero attached hydrogens (tertiary/aromatic N) is 1. The van der Waals surface area contributed by atoms with Gasteiger partial charge in [-0.15, -0.1) is 0 Å². The van der Waals surface area contributed by atoms with E-state index in [2.05, 4.69) is 25.2 Å². The van der Waals surface area contributed by atoms with Gasteiger partial charge in [-0.25, -0.2) is 0 Å². The minimum atomic E-state index is -0.410. The Morgan fingerprint density at radius 2 is 1.81 bits per heavy atom. The molecule has 1 aliphatic heterocycles. The maximum absolute atomic E-state index is 13.6. The summed E-state index contributed by atoms with van der Waals surface area (Å²) in [6.07, 6.45) is 1.24. The maximum Gasteiger partial charge on any atom is 0.254 e. The standard InChI is InChI=1S/C27H30N2O3/c1-16-9-8-10-18(13-16)24-23(26(31)29-19-11-6-7-12-22(19)32-5)17(2)28-20-14-27(3,4)15-21(30)25(20)24/h6-13,24-25H,14-15H2,1-5H3,(H,29,31)/t24-,25?/m0/s1. The fourth-order valence-electron chi connectivity index (χ4n) is 5.05. The number of carbonyl (C=O) groups is 2. The summed E-state index contributed by atoms with van der Waals surface area (Å²) in [5, 5.41) is 3.00. The molecule has 0 aromatic heterocycles. The molecule has 5 heteroatoms. The number of hydrogen-bond acceptors (Lipinski definition) is 4. The van der Waals surface area contributed by atoms with Crippen LogP contribution in [0.25, 0.3) is 0 Å². The first-order valence-corrected chi connectivity index (χ1v) is 11.0. The van der Waals surface area contributed by atoms with Crippen LogP contribution in [0.3, 0.4) is 0 Å². The smallest absolute Gasteiger partial charge is 0.254 e. The minimum absolute atomic E-state index is 0.124. The second-order valence-corrected chi connectivity index (χ2v) is 9.61. The summed E-state index contributed by atoms with van der Waals surface area (Å²) in [6.45, 7) is 8.11. The summed E-state index contributed by atoms with van der Waals surface area (Å²) in [5.74, 6) is -0.283. The van der Waals surface area contributed by atoms with Crippen molar-refractivity contribution >= 4 is 23.1 Å². The molecular formula is C27H30N2O3. The SMILES string of the molecule is COc1ccccc1NC(=O)C1=C(C)N=C2CC(C)(C)CC(=O)C2[C@H]1c1cccc(C)c1. The lowest BCUT2D eigenvalue weighted by molar-refractivity contribution is -0.124. The zero-order valence-electron chi connectivity index (χ0n) is 19.4. The van der Waals surface area contributed by atoms with Gasteiger partial charge in [-0.3, -0.25) is 14.6 Å². The average molecular weight is 431 g/mol. The molecule has 2 aromatic carbocycles. The van der Waals surface area contributed by atoms with E-state index in [-0.39, 0.29) is 23.0 Å². The fraction of sp³-hybridized carbons (Fsp3) is 0.370. The first-order valence-electron chi connectivity index (χ1n) is 11.0. The quantitative estimate of drug-likeness (QED) is 0.700. The van der Waals surface area contributed by atoms with Gasteiger partial charge in [-0.05, 0) is 43.4 Å². The van der Waals surface area contributed by atoms with Crippen molar-refractivity contribution in [3.05, 3.63) is 70.9 Å². The van der Waals surface area contributed by atoms with Crippen molar-refractivity contribution in [2.24, 2.45) is 16.3 Å². The number of carbonyl (C=O) groups excluding carboxylic acids is 2. The van der Waals surface area contributed by atoms with Crippen LogP contribution in [0.15, 0.2) is 64.8 Å². The fourth-order valence-corrected chi connectivity index (χ4v) is 5.05. The van der Waals surface area contributed by atoms with Crippen molar-refractivity contribution in [2.75, 3.05) is 12.4 Å². The molecule has 1 heterocycles. The average Bonchev–Trinajstić information content (AvgIpc) is 2.72. The third-order valence-corrected chi connectivity index (χ3v) is 6.36. The number of aryl methyl sites for hydroxylation is 1. The molecule has 0 radical (unpaired) electrons. The van der Waals surface area contributed by atoms with Crippen molar-refractivity contribution in [1.82, 2.24) is 0 Å². The molecule has 1 fully saturated rings. The normalized spacial score (nSPS) is 22.2. The minimum Gasteiger partial charge on any atom is -0.495 e. The molecule has 4 rings (SSSR count). The van der Waals surface area contributed by atoms with Gasteiger partial charge in [-0.1, -0.05) is 55.8 Å². The van der Waals surface area contributed by atoms with Crippen molar-refractivity contribution in [2.45, 2.75) is 46.5 Å². The molecule has 1 unspecified atom stereocenters. The van der Waals surface area contributed by atoms with Crippen LogP contribution in [-0.4, -0.2) is 24.5 Å². The summed E-state index contributed by atoms with van der Waals surface area (Å²) in [7, 11) is 1.57. The number of allylic oxidation sites excluding steroid dienone is 1. The highest BCUT2D eigenvalue weighted by Crippen LogP contribution is 2.47. The van der Waals surface area contributed by atoms with Gasteiger partial charge in [0, 0.05) is 29.3 Å². The van der Waals surface area contributed by atoms with Crippen molar-refractivity contribution in [1.29, 1.82) is 0 Å². The monoisotopic (exact) mass is 430 g/mol. The number of rotatable bonds is 4. The van der Waals surface area contributed by atoms with Gasteiger partial charge in [0.2, 0.25) is 0 Å². The summed E-state index contributed by atoms with van der Waals surface area (Å²) >= 11 is 0. The summed E-state index contributed by atoms with van der Waals surface area (Å²) < 4.78 is 5.40. The molecule has 0 bridgehead atoms. The van der Waals surface area contributed by atoms with E-state index in [4.69, 9.17) is 9.73 Å². The van der Waals surface area contributed by atoms with Gasteiger partial charge in [0.1, 0.15) is 11.5 Å². The van der Waals surface area contributed by atoms with Crippen LogP contribution >= 0.6 is 0 Å². The molecule has 2 aromatic rings. The molecule has 5 nitrogen and oxygen atoms in total. The molecule has 1 N–H and O–H groups in total. The van der Waals surface area contributed by atoms with E-state index >= 15 is 0 Å². The molecule has 0 spiro atoms. The van der Waals surface area contributed by atoms with E-state index in [1.54, 1.807) is 19.2 Å². The Bertz CT molecular complexity index is 1140. The van der Waals surface area contributed by atoms with E-state index < -0.39 is 5.92 Å². The number of ketones is 1. The molecule has 2 atom stereocenters. The van der Waals surface area contributed by atoms with E-state index in [0.29, 0.717) is 29.1 Å². The van der Waals surface area contributed by atoms with E-state index in [0.717, 1.165) is 23.3 Å². The number of hydrogen-bond donors (Lipinski definition) is 1. The summed E-state index contributed by atoms with van der Waals surface area (Å²) in [6, 6.07) is 15.4. The van der Waals surface area contributed by atoms with Crippen LogP contribution < -0.4 is 10.1 Å². The van der Waals surface area contributed by atoms with Gasteiger partial charge in [0.25, 0.3) is 5.91 Å².